The van der Waals surface area contributed by atoms with Crippen LogP contribution in [0.5, 0.6) is 0 Å². The van der Waals surface area contributed by atoms with Crippen LogP contribution < -0.4 is 11.4 Å². The first kappa shape index (κ1) is 9.14. The van der Waals surface area contributed by atoms with Crippen LogP contribution in [0, 0.1) is 0 Å². The lowest BCUT2D eigenvalue weighted by molar-refractivity contribution is 0.117. The molecule has 0 radical (unpaired) electrons. The second kappa shape index (κ2) is 3.38. The number of aromatic nitrogens is 3. The van der Waals surface area contributed by atoms with Crippen LogP contribution in [-0.4, -0.2) is 27.7 Å². The monoisotopic (exact) mass is 196 g/mol. The summed E-state index contributed by atoms with van der Waals surface area (Å²) in [5.41, 5.74) is 4.94. The Morgan fingerprint density at radius 2 is 2.36 bits per heavy atom. The van der Waals surface area contributed by atoms with E-state index in [0.717, 1.165) is 6.42 Å². The van der Waals surface area contributed by atoms with E-state index in [-0.39, 0.29) is 18.0 Å². The van der Waals surface area contributed by atoms with Crippen LogP contribution in [0.2, 0.25) is 0 Å². The molecular weight excluding hydrogens is 184 g/mol. The van der Waals surface area contributed by atoms with Crippen molar-refractivity contribution in [3.63, 3.8) is 0 Å². The van der Waals surface area contributed by atoms with Crippen molar-refractivity contribution in [1.82, 2.24) is 15.0 Å². The van der Waals surface area contributed by atoms with Gasteiger partial charge in [-0.1, -0.05) is 0 Å². The number of nitrogens with two attached hydrogens (primary N) is 1. The predicted octanol–water partition coefficient (Wildman–Crippen LogP) is -0.360. The second-order valence-electron chi connectivity index (χ2n) is 3.37. The lowest BCUT2D eigenvalue weighted by atomic mass is 10.0. The van der Waals surface area contributed by atoms with Crippen LogP contribution in [-0.2, 0) is 4.74 Å². The first-order valence-electron chi connectivity index (χ1n) is 4.52. The van der Waals surface area contributed by atoms with Gasteiger partial charge in [0.25, 0.3) is 0 Å². The number of rotatable bonds is 1. The molecular formula is C8H12N4O2. The molecule has 1 aromatic heterocycles. The third-order valence-electron chi connectivity index (χ3n) is 2.41. The quantitative estimate of drug-likeness (QED) is 0.639. The largest absolute Gasteiger partial charge is 0.378 e. The average molecular weight is 196 g/mol. The van der Waals surface area contributed by atoms with Crippen molar-refractivity contribution in [3.05, 3.63) is 16.3 Å². The van der Waals surface area contributed by atoms with Gasteiger partial charge in [0.15, 0.2) is 0 Å². The molecule has 1 saturated heterocycles. The maximum absolute atomic E-state index is 11.0. The van der Waals surface area contributed by atoms with Gasteiger partial charge in [-0.05, 0) is 13.3 Å². The minimum Gasteiger partial charge on any atom is -0.378 e. The number of hydrogen-bond acceptors (Lipinski definition) is 5. The molecule has 1 aliphatic heterocycles. The van der Waals surface area contributed by atoms with E-state index in [2.05, 4.69) is 15.0 Å². The van der Waals surface area contributed by atoms with Gasteiger partial charge in [0.05, 0.1) is 6.10 Å². The maximum Gasteiger partial charge on any atom is 0.349 e. The van der Waals surface area contributed by atoms with Crippen LogP contribution >= 0.6 is 0 Å². The standard InChI is InChI=1S/C8H12N4O2/c1-4-5(2-3-14-4)6-10-7(9)12-8(13)11-6/h4-5H,2-3H2,1H3,(H3,9,10,11,12,13). The number of hydrogen-bond donors (Lipinski definition) is 2. The van der Waals surface area contributed by atoms with Crippen molar-refractivity contribution >= 4 is 5.95 Å². The van der Waals surface area contributed by atoms with E-state index in [4.69, 9.17) is 10.5 Å². The van der Waals surface area contributed by atoms with Gasteiger partial charge in [-0.3, -0.25) is 4.98 Å². The molecule has 0 saturated carbocycles. The molecule has 0 amide bonds. The van der Waals surface area contributed by atoms with Gasteiger partial charge >= 0.3 is 5.69 Å². The lowest BCUT2D eigenvalue weighted by Gasteiger charge is -2.12. The van der Waals surface area contributed by atoms with Crippen molar-refractivity contribution in [2.24, 2.45) is 0 Å². The zero-order valence-corrected chi connectivity index (χ0v) is 7.86. The van der Waals surface area contributed by atoms with Crippen molar-refractivity contribution in [3.8, 4) is 0 Å². The number of nitrogens with zero attached hydrogens (tertiary/aromatic N) is 2. The molecule has 0 aliphatic carbocycles. The SMILES string of the molecule is CC1OCCC1c1nc(N)nc(=O)[nH]1. The highest BCUT2D eigenvalue weighted by atomic mass is 16.5. The number of nitrogen functional groups attached to an aromatic ring is 1. The normalized spacial score (nSPS) is 26.6. The summed E-state index contributed by atoms with van der Waals surface area (Å²) in [6.07, 6.45) is 0.924. The number of anilines is 1. The molecule has 0 spiro atoms. The van der Waals surface area contributed by atoms with E-state index < -0.39 is 5.69 Å². The van der Waals surface area contributed by atoms with E-state index in [0.29, 0.717) is 12.4 Å². The van der Waals surface area contributed by atoms with Crippen molar-refractivity contribution in [2.75, 3.05) is 12.3 Å². The molecule has 1 aromatic rings. The van der Waals surface area contributed by atoms with Crippen LogP contribution in [0.3, 0.4) is 0 Å². The topological polar surface area (TPSA) is 93.9 Å². The minimum absolute atomic E-state index is 0.0165. The van der Waals surface area contributed by atoms with Gasteiger partial charge < -0.3 is 10.5 Å². The lowest BCUT2D eigenvalue weighted by Crippen LogP contribution is -2.22. The van der Waals surface area contributed by atoms with E-state index in [9.17, 15) is 4.79 Å². The third kappa shape index (κ3) is 1.60. The summed E-state index contributed by atoms with van der Waals surface area (Å²) >= 11 is 0. The molecule has 76 valence electrons. The van der Waals surface area contributed by atoms with Gasteiger partial charge in [-0.2, -0.15) is 9.97 Å². The molecule has 2 rings (SSSR count). The van der Waals surface area contributed by atoms with Gasteiger partial charge in [0.2, 0.25) is 5.95 Å². The Balaban J connectivity index is 2.36. The average Bonchev–Trinajstić information content (AvgIpc) is 2.49. The van der Waals surface area contributed by atoms with Crippen molar-refractivity contribution in [1.29, 1.82) is 0 Å². The van der Waals surface area contributed by atoms with E-state index in [1.54, 1.807) is 0 Å². The molecule has 2 atom stereocenters. The summed E-state index contributed by atoms with van der Waals surface area (Å²) in [5, 5.41) is 0. The van der Waals surface area contributed by atoms with Gasteiger partial charge in [0.1, 0.15) is 5.82 Å². The summed E-state index contributed by atoms with van der Waals surface area (Å²) in [6, 6.07) is 0. The maximum atomic E-state index is 11.0. The molecule has 1 fully saturated rings. The summed E-state index contributed by atoms with van der Waals surface area (Å²) in [5.74, 6) is 0.711. The van der Waals surface area contributed by atoms with Gasteiger partial charge in [-0.15, -0.1) is 0 Å². The molecule has 1 aliphatic rings. The Morgan fingerprint density at radius 1 is 1.57 bits per heavy atom. The molecule has 2 heterocycles. The van der Waals surface area contributed by atoms with E-state index in [1.165, 1.54) is 0 Å². The Morgan fingerprint density at radius 3 is 2.93 bits per heavy atom. The fourth-order valence-corrected chi connectivity index (χ4v) is 1.68. The molecule has 0 bridgehead atoms. The highest BCUT2D eigenvalue weighted by molar-refractivity contribution is 5.15. The fourth-order valence-electron chi connectivity index (χ4n) is 1.68. The van der Waals surface area contributed by atoms with Crippen LogP contribution in [0.25, 0.3) is 0 Å². The fraction of sp³-hybridized carbons (Fsp3) is 0.625. The second-order valence-corrected chi connectivity index (χ2v) is 3.37. The van der Waals surface area contributed by atoms with Crippen LogP contribution in [0.4, 0.5) is 5.95 Å². The number of nitrogens with one attached hydrogen (secondary N) is 1. The van der Waals surface area contributed by atoms with Crippen molar-refractivity contribution in [2.45, 2.75) is 25.4 Å². The Hall–Kier alpha value is -1.43. The molecule has 6 nitrogen and oxygen atoms in total. The summed E-state index contributed by atoms with van der Waals surface area (Å²) in [4.78, 5) is 21.1. The van der Waals surface area contributed by atoms with Gasteiger partial charge in [-0.25, -0.2) is 4.79 Å². The molecule has 2 unspecified atom stereocenters. The molecule has 14 heavy (non-hydrogen) atoms. The molecule has 0 aromatic carbocycles. The zero-order chi connectivity index (χ0) is 10.1. The number of H-pyrrole nitrogens is 1. The smallest absolute Gasteiger partial charge is 0.349 e. The summed E-state index contributed by atoms with van der Waals surface area (Å²) < 4.78 is 5.38. The highest BCUT2D eigenvalue weighted by Gasteiger charge is 2.28. The van der Waals surface area contributed by atoms with Gasteiger partial charge in [0, 0.05) is 12.5 Å². The Kier molecular flexibility index (Phi) is 2.20. The van der Waals surface area contributed by atoms with Crippen molar-refractivity contribution < 1.29 is 4.74 Å². The van der Waals surface area contributed by atoms with Crippen LogP contribution in [0.1, 0.15) is 25.1 Å². The third-order valence-corrected chi connectivity index (χ3v) is 2.41. The highest BCUT2D eigenvalue weighted by Crippen LogP contribution is 2.27. The summed E-state index contributed by atoms with van der Waals surface area (Å²) in [7, 11) is 0. The zero-order valence-electron chi connectivity index (χ0n) is 7.86. The first-order chi connectivity index (χ1) is 6.66. The number of aromatic amines is 1. The Labute approximate surface area is 80.5 Å². The Bertz CT molecular complexity index is 389. The molecule has 3 N–H and O–H groups in total. The first-order valence-corrected chi connectivity index (χ1v) is 4.52. The van der Waals surface area contributed by atoms with E-state index in [1.807, 2.05) is 6.92 Å². The number of ether oxygens (including phenoxy) is 1. The molecule has 6 heteroatoms. The van der Waals surface area contributed by atoms with E-state index >= 15 is 0 Å². The summed E-state index contributed by atoms with van der Waals surface area (Å²) in [6.45, 7) is 2.64. The van der Waals surface area contributed by atoms with Crippen LogP contribution in [0.15, 0.2) is 4.79 Å². The minimum atomic E-state index is -0.452. The predicted molar refractivity (Wildman–Crippen MR) is 49.8 cm³/mol.